The third-order valence-corrected chi connectivity index (χ3v) is 13.6. The Bertz CT molecular complexity index is 3650. The third-order valence-electron chi connectivity index (χ3n) is 12.6. The van der Waals surface area contributed by atoms with Gasteiger partial charge in [0.1, 0.15) is 0 Å². The summed E-state index contributed by atoms with van der Waals surface area (Å²) in [5, 5.41) is 4.70. The minimum atomic E-state index is -0.439. The first-order valence-corrected chi connectivity index (χ1v) is 23.8. The van der Waals surface area contributed by atoms with E-state index in [4.69, 9.17) is 18.9 Å². The third kappa shape index (κ3) is 8.14. The van der Waals surface area contributed by atoms with Gasteiger partial charge in [-0.3, -0.25) is 0 Å². The van der Waals surface area contributed by atoms with Crippen LogP contribution in [-0.4, -0.2) is 30.8 Å². The van der Waals surface area contributed by atoms with E-state index >= 15 is 0 Å². The Morgan fingerprint density at radius 1 is 0.612 bits per heavy atom. The molecule has 0 aliphatic carbocycles. The van der Waals surface area contributed by atoms with Crippen LogP contribution in [0.1, 0.15) is 85.9 Å². The first-order valence-electron chi connectivity index (χ1n) is 25.1. The van der Waals surface area contributed by atoms with Gasteiger partial charge in [0.2, 0.25) is 0 Å². The van der Waals surface area contributed by atoms with Gasteiger partial charge in [-0.25, -0.2) is 0 Å². The summed E-state index contributed by atoms with van der Waals surface area (Å²) in [4.78, 5) is 7.02. The summed E-state index contributed by atoms with van der Waals surface area (Å²) < 4.78 is 58.3. The van der Waals surface area contributed by atoms with Gasteiger partial charge in [-0.05, 0) is 17.0 Å². The van der Waals surface area contributed by atoms with Crippen molar-refractivity contribution in [3.05, 3.63) is 184 Å². The summed E-state index contributed by atoms with van der Waals surface area (Å²) in [7, 11) is 0. The maximum absolute atomic E-state index is 9.26. The van der Waals surface area contributed by atoms with Crippen molar-refractivity contribution in [3.63, 3.8) is 0 Å². The van der Waals surface area contributed by atoms with Gasteiger partial charge in [0, 0.05) is 12.4 Å². The number of hydrogen-bond acceptors (Lipinski definition) is 4. The molecule has 67 heavy (non-hydrogen) atoms. The molecule has 0 spiro atoms. The molecule has 0 saturated carbocycles. The second-order valence-corrected chi connectivity index (χ2v) is 21.3. The predicted molar refractivity (Wildman–Crippen MR) is 272 cm³/mol. The maximum atomic E-state index is 9.26. The molecule has 0 fully saturated rings. The molecule has 4 heterocycles. The Morgan fingerprint density at radius 2 is 1.25 bits per heavy atom. The Morgan fingerprint density at radius 3 is 1.94 bits per heavy atom. The summed E-state index contributed by atoms with van der Waals surface area (Å²) in [6.07, 6.45) is 3.68. The normalized spacial score (nSPS) is 14.0. The molecule has 9 heteroatoms. The van der Waals surface area contributed by atoms with Crippen molar-refractivity contribution in [2.24, 2.45) is 0 Å². The summed E-state index contributed by atoms with van der Waals surface area (Å²) in [6, 6.07) is 42.1. The van der Waals surface area contributed by atoms with Crippen molar-refractivity contribution in [3.8, 4) is 56.4 Å². The summed E-state index contributed by atoms with van der Waals surface area (Å²) in [5.74, 6) is 1.77. The number of anilines is 2. The number of para-hydroxylation sites is 3. The molecular formula is C58H55BN6OPt-2. The molecule has 1 aliphatic rings. The van der Waals surface area contributed by atoms with Crippen molar-refractivity contribution in [2.45, 2.75) is 85.4 Å². The van der Waals surface area contributed by atoms with Gasteiger partial charge in [0.25, 0.3) is 0 Å². The molecule has 0 bridgehead atoms. The quantitative estimate of drug-likeness (QED) is 0.118. The zero-order chi connectivity index (χ0) is 51.3. The molecule has 338 valence electrons. The van der Waals surface area contributed by atoms with Gasteiger partial charge < -0.3 is 0 Å². The monoisotopic (exact) mass is 1060 g/mol. The van der Waals surface area contributed by atoms with E-state index in [9.17, 15) is 2.74 Å². The molecule has 7 nitrogen and oxygen atoms in total. The van der Waals surface area contributed by atoms with E-state index < -0.39 is 18.1 Å². The van der Waals surface area contributed by atoms with Crippen LogP contribution in [-0.2, 0) is 35.6 Å². The van der Waals surface area contributed by atoms with Crippen LogP contribution >= 0.6 is 0 Å². The molecule has 0 atom stereocenters. The number of pyridine rings is 1. The Balaban J connectivity index is 1.15. The molecule has 10 rings (SSSR count). The van der Waals surface area contributed by atoms with Crippen molar-refractivity contribution >= 4 is 29.5 Å². The number of rotatable bonds is 7. The number of aromatic nitrogens is 5. The van der Waals surface area contributed by atoms with E-state index in [2.05, 4.69) is 163 Å². The van der Waals surface area contributed by atoms with Crippen LogP contribution in [0.5, 0.6) is 11.5 Å². The molecule has 6 aromatic carbocycles. The van der Waals surface area contributed by atoms with Gasteiger partial charge in [-0.15, -0.1) is 0 Å². The molecule has 0 radical (unpaired) electrons. The van der Waals surface area contributed by atoms with Crippen molar-refractivity contribution in [1.29, 1.82) is 0 Å². The second-order valence-electron chi connectivity index (χ2n) is 20.3. The predicted octanol–water partition coefficient (Wildman–Crippen LogP) is 14.5. The van der Waals surface area contributed by atoms with E-state index in [1.807, 2.05) is 77.7 Å². The standard InChI is InChI=1S/C58H55BN6O.Pt/c1-56(2,3)41-28-30-60-54(35-41)64-53-37-46(26-27-49(53)50-29-31-61-65(50)59(64)10)66-45-21-16-20-44(36-45)62-38-63(52-25-15-14-24-51(52)62)55-47(39-18-12-11-13-19-39)22-17-23-48(55)40-32-42(57(4,5)6)34-43(33-40)58(7,8)9;/h11-35H,1-10H3;/q-2;/i11D,12D,13D,18D,19D;. The fourth-order valence-electron chi connectivity index (χ4n) is 8.92. The van der Waals surface area contributed by atoms with Crippen molar-refractivity contribution in [2.75, 3.05) is 4.81 Å². The molecule has 0 saturated heterocycles. The zero-order valence-electron chi connectivity index (χ0n) is 44.5. The Labute approximate surface area is 413 Å². The van der Waals surface area contributed by atoms with Crippen molar-refractivity contribution in [1.82, 2.24) is 23.8 Å². The van der Waals surface area contributed by atoms with Crippen LogP contribution in [0.25, 0.3) is 55.9 Å². The average Bonchev–Trinajstić information content (AvgIpc) is 3.95. The van der Waals surface area contributed by atoms with Crippen LogP contribution in [0, 0.1) is 15.9 Å². The fourth-order valence-corrected chi connectivity index (χ4v) is 9.99. The van der Waals surface area contributed by atoms with Gasteiger partial charge in [0.05, 0.1) is 0 Å². The number of imidazole rings is 1. The van der Waals surface area contributed by atoms with Gasteiger partial charge in [-0.2, -0.15) is 5.10 Å². The topological polar surface area (TPSA) is 53.0 Å². The molecule has 0 N–H and O–H groups in total. The van der Waals surface area contributed by atoms with E-state index in [0.717, 1.165) is 65.4 Å². The van der Waals surface area contributed by atoms with Crippen LogP contribution in [0.15, 0.2) is 152 Å². The number of benzene rings is 6. The number of nitrogens with zero attached hydrogens (tertiary/aromatic N) is 6. The van der Waals surface area contributed by atoms with Gasteiger partial charge in [-0.1, -0.05) is 20.8 Å². The van der Waals surface area contributed by atoms with Crippen LogP contribution in [0.4, 0.5) is 11.5 Å². The Hall–Kier alpha value is -6.50. The number of fused-ring (bicyclic) bond motifs is 4. The fraction of sp³-hybridized carbons (Fsp3) is 0.224. The number of hydrogen-bond donors (Lipinski definition) is 0. The minimum absolute atomic E-state index is 0.0850. The molecule has 0 unspecified atom stereocenters. The van der Waals surface area contributed by atoms with E-state index in [1.165, 1.54) is 0 Å². The van der Waals surface area contributed by atoms with Crippen LogP contribution in [0.2, 0.25) is 6.82 Å². The average molecular weight is 1060 g/mol. The number of ether oxygens (including phenoxy) is 1. The first kappa shape index (κ1) is 38.6. The van der Waals surface area contributed by atoms with Crippen molar-refractivity contribution < 1.29 is 30.9 Å². The molecule has 9 aromatic rings. The van der Waals surface area contributed by atoms with Gasteiger partial charge in [0.15, 0.2) is 0 Å². The van der Waals surface area contributed by atoms with E-state index in [1.54, 1.807) is 0 Å². The summed E-state index contributed by atoms with van der Waals surface area (Å²) in [5.41, 5.74) is 11.3. The second kappa shape index (κ2) is 16.7. The van der Waals surface area contributed by atoms with Gasteiger partial charge >= 0.3 is 360 Å². The molecule has 3 aromatic heterocycles. The van der Waals surface area contributed by atoms with E-state index in [0.29, 0.717) is 28.4 Å². The Kier molecular flexibility index (Phi) is 9.61. The van der Waals surface area contributed by atoms with E-state index in [-0.39, 0.29) is 40.9 Å². The summed E-state index contributed by atoms with van der Waals surface area (Å²) >= 11 is 2.34. The first-order chi connectivity index (χ1) is 34.0. The summed E-state index contributed by atoms with van der Waals surface area (Å²) in [6.45, 7) is 21.8. The zero-order valence-corrected chi connectivity index (χ0v) is 41.8. The SMILES string of the molecule is [2H]c1c([2H])c([2H])c(-c2cccc(-c3cc(C(C)(C)C)cc(C(C)(C)C)c3)c2-n2[c](=[Pt])n(-c3[c-]c(Oc4[c-]c5c(cc4)-c4ccnn4B(C)N5c4cc(C(C)(C)C)ccn4)ccc3)c3ccccc32)c([2H])c1[2H]. The molecule has 1 aliphatic heterocycles. The van der Waals surface area contributed by atoms with Crippen LogP contribution < -0.4 is 9.55 Å². The molecular weight excluding hydrogens is 1000 g/mol. The van der Waals surface area contributed by atoms with Crippen LogP contribution in [0.3, 0.4) is 0 Å². The molecule has 0 amide bonds.